The second-order valence-electron chi connectivity index (χ2n) is 8.26. The van der Waals surface area contributed by atoms with Crippen LogP contribution in [0.3, 0.4) is 0 Å². The third-order valence-electron chi connectivity index (χ3n) is 6.03. The molecule has 1 aromatic carbocycles. The molecular weight excluding hydrogens is 446 g/mol. The summed E-state index contributed by atoms with van der Waals surface area (Å²) in [5.74, 6) is 0.467. The number of aromatic nitrogens is 1. The van der Waals surface area contributed by atoms with Gasteiger partial charge >= 0.3 is 0 Å². The molecule has 0 unspecified atom stereocenters. The van der Waals surface area contributed by atoms with E-state index in [4.69, 9.17) is 5.73 Å². The first-order valence-electron chi connectivity index (χ1n) is 12.8. The van der Waals surface area contributed by atoms with Gasteiger partial charge in [-0.15, -0.1) is 0 Å². The van der Waals surface area contributed by atoms with Gasteiger partial charge in [0.15, 0.2) is 0 Å². The van der Waals surface area contributed by atoms with Gasteiger partial charge in [0.05, 0.1) is 17.1 Å². The molecule has 7 nitrogen and oxygen atoms in total. The summed E-state index contributed by atoms with van der Waals surface area (Å²) >= 11 is 0. The molecule has 1 aliphatic heterocycles. The van der Waals surface area contributed by atoms with Crippen molar-refractivity contribution in [3.63, 3.8) is 0 Å². The fraction of sp³-hybridized carbons (Fsp3) is 0.379. The number of nitrogens with one attached hydrogen (secondary N) is 3. The zero-order valence-electron chi connectivity index (χ0n) is 22.3. The lowest BCUT2D eigenvalue weighted by Gasteiger charge is -2.24. The normalized spacial score (nSPS) is 14.2. The Kier molecular flexibility index (Phi) is 12.4. The van der Waals surface area contributed by atoms with Gasteiger partial charge in [-0.25, -0.2) is 0 Å². The molecule has 2 heterocycles. The molecule has 5 N–H and O–H groups in total. The Hall–Kier alpha value is -3.42. The molecule has 0 aliphatic carbocycles. The van der Waals surface area contributed by atoms with E-state index in [1.165, 1.54) is 5.69 Å². The Labute approximate surface area is 217 Å². The number of aliphatic imine (C=N–C) groups is 2. The van der Waals surface area contributed by atoms with Crippen LogP contribution in [0.2, 0.25) is 0 Å². The number of rotatable bonds is 11. The van der Waals surface area contributed by atoms with Gasteiger partial charge in [-0.05, 0) is 55.3 Å². The van der Waals surface area contributed by atoms with Gasteiger partial charge < -0.3 is 16.4 Å². The highest BCUT2D eigenvalue weighted by molar-refractivity contribution is 5.80. The summed E-state index contributed by atoms with van der Waals surface area (Å²) in [7, 11) is 3.67. The second kappa shape index (κ2) is 15.5. The quantitative estimate of drug-likeness (QED) is 0.184. The van der Waals surface area contributed by atoms with Crippen molar-refractivity contribution in [2.24, 2.45) is 15.7 Å². The van der Waals surface area contributed by atoms with Crippen molar-refractivity contribution in [3.05, 3.63) is 72.6 Å². The molecule has 1 aromatic heterocycles. The minimum atomic E-state index is 0.417. The Morgan fingerprint density at radius 1 is 1.25 bits per heavy atom. The molecule has 194 valence electrons. The number of nitrogens with two attached hydrogens (primary N) is 1. The monoisotopic (exact) mass is 489 g/mol. The highest BCUT2D eigenvalue weighted by Gasteiger charge is 2.24. The van der Waals surface area contributed by atoms with E-state index in [2.05, 4.69) is 62.1 Å². The summed E-state index contributed by atoms with van der Waals surface area (Å²) in [5.41, 5.74) is 16.9. The molecule has 0 amide bonds. The third kappa shape index (κ3) is 7.54. The lowest BCUT2D eigenvalue weighted by atomic mass is 9.94. The van der Waals surface area contributed by atoms with Crippen LogP contribution < -0.4 is 21.8 Å². The fourth-order valence-corrected chi connectivity index (χ4v) is 4.26. The van der Waals surface area contributed by atoms with E-state index in [-0.39, 0.29) is 0 Å². The molecule has 0 radical (unpaired) electrons. The van der Waals surface area contributed by atoms with E-state index in [0.717, 1.165) is 59.7 Å². The van der Waals surface area contributed by atoms with Crippen molar-refractivity contribution < 1.29 is 0 Å². The molecule has 0 atom stereocenters. The van der Waals surface area contributed by atoms with E-state index < -0.39 is 0 Å². The maximum atomic E-state index is 6.26. The fourth-order valence-electron chi connectivity index (χ4n) is 4.26. The van der Waals surface area contributed by atoms with Crippen molar-refractivity contribution >= 4 is 23.9 Å². The van der Waals surface area contributed by atoms with Crippen LogP contribution in [-0.4, -0.2) is 44.4 Å². The van der Waals surface area contributed by atoms with Crippen LogP contribution in [0.5, 0.6) is 0 Å². The average molecular weight is 490 g/mol. The van der Waals surface area contributed by atoms with Crippen molar-refractivity contribution in [1.82, 2.24) is 9.99 Å². The standard InChI is InChI=1S/C27H37N7.C2H6/c1-5-6-7-20(2)10-15-32-24-9-8-22(16-25(24)30-4)23-17-26(21-11-13-31-14-12-21)34(27(23)18-28)33-19-29-3;1-2/h5-9,15-17,19,21,30-31H,1-2,10-14,18,28H2,3-4H3,(H,29,33);1-2H3/b7-6-,32-15?;. The molecule has 0 spiro atoms. The molecule has 2 aromatic rings. The topological polar surface area (TPSA) is 91.8 Å². The van der Waals surface area contributed by atoms with Gasteiger partial charge in [-0.1, -0.05) is 51.3 Å². The largest absolute Gasteiger partial charge is 0.386 e. The number of allylic oxidation sites excluding steroid dienone is 4. The molecule has 0 bridgehead atoms. The maximum Gasteiger partial charge on any atom is 0.101 e. The summed E-state index contributed by atoms with van der Waals surface area (Å²) in [4.78, 5) is 8.78. The summed E-state index contributed by atoms with van der Waals surface area (Å²) < 4.78 is 2.12. The summed E-state index contributed by atoms with van der Waals surface area (Å²) in [6, 6.07) is 8.57. The van der Waals surface area contributed by atoms with E-state index in [9.17, 15) is 0 Å². The van der Waals surface area contributed by atoms with Crippen LogP contribution >= 0.6 is 0 Å². The van der Waals surface area contributed by atoms with Crippen molar-refractivity contribution in [3.8, 4) is 11.1 Å². The third-order valence-corrected chi connectivity index (χ3v) is 6.03. The molecule has 1 saturated heterocycles. The smallest absolute Gasteiger partial charge is 0.101 e. The van der Waals surface area contributed by atoms with Crippen LogP contribution in [0.1, 0.15) is 50.4 Å². The minimum Gasteiger partial charge on any atom is -0.386 e. The van der Waals surface area contributed by atoms with Crippen LogP contribution in [0.25, 0.3) is 11.1 Å². The Morgan fingerprint density at radius 3 is 2.64 bits per heavy atom. The molecule has 0 saturated carbocycles. The Balaban J connectivity index is 0.00000222. The summed E-state index contributed by atoms with van der Waals surface area (Å²) in [5, 5.41) is 6.74. The lowest BCUT2D eigenvalue weighted by Crippen LogP contribution is -2.29. The van der Waals surface area contributed by atoms with Crippen LogP contribution in [0, 0.1) is 0 Å². The Morgan fingerprint density at radius 2 is 2.00 bits per heavy atom. The predicted molar refractivity (Wildman–Crippen MR) is 159 cm³/mol. The van der Waals surface area contributed by atoms with E-state index in [0.29, 0.717) is 18.9 Å². The van der Waals surface area contributed by atoms with Crippen LogP contribution in [-0.2, 0) is 6.54 Å². The number of anilines is 1. The molecule has 1 fully saturated rings. The number of benzene rings is 1. The zero-order valence-corrected chi connectivity index (χ0v) is 22.3. The van der Waals surface area contributed by atoms with Crippen LogP contribution in [0.4, 0.5) is 11.4 Å². The molecular formula is C29H43N7. The molecule has 3 rings (SSSR count). The second-order valence-corrected chi connectivity index (χ2v) is 8.26. The SMILES string of the molecule is C=C/C=C\C(=C)CC=Nc1ccc(-c2cc(C3CCNCC3)n(NC=NC)c2CN)cc1NC.CC. The highest BCUT2D eigenvalue weighted by atomic mass is 15.4. The van der Waals surface area contributed by atoms with E-state index in [1.54, 1.807) is 19.5 Å². The maximum absolute atomic E-state index is 6.26. The number of hydrogen-bond donors (Lipinski definition) is 4. The molecule has 36 heavy (non-hydrogen) atoms. The first-order valence-corrected chi connectivity index (χ1v) is 12.8. The van der Waals surface area contributed by atoms with Crippen molar-refractivity contribution in [2.45, 2.75) is 45.6 Å². The predicted octanol–water partition coefficient (Wildman–Crippen LogP) is 5.74. The van der Waals surface area contributed by atoms with Gasteiger partial charge in [-0.2, -0.15) is 0 Å². The van der Waals surface area contributed by atoms with Crippen LogP contribution in [0.15, 0.2) is 71.2 Å². The zero-order chi connectivity index (χ0) is 26.3. The van der Waals surface area contributed by atoms with E-state index >= 15 is 0 Å². The minimum absolute atomic E-state index is 0.417. The molecule has 7 heteroatoms. The lowest BCUT2D eigenvalue weighted by molar-refractivity contribution is 0.446. The van der Waals surface area contributed by atoms with Crippen molar-refractivity contribution in [2.75, 3.05) is 37.9 Å². The number of piperidine rings is 1. The van der Waals surface area contributed by atoms with Gasteiger partial charge in [0, 0.05) is 50.5 Å². The first-order chi connectivity index (χ1) is 17.6. The highest BCUT2D eigenvalue weighted by Crippen LogP contribution is 2.36. The number of nitrogens with zero attached hydrogens (tertiary/aromatic N) is 3. The summed E-state index contributed by atoms with van der Waals surface area (Å²) in [6.45, 7) is 14.2. The summed E-state index contributed by atoms with van der Waals surface area (Å²) in [6.07, 6.45) is 12.0. The van der Waals surface area contributed by atoms with E-state index in [1.807, 2.05) is 45.3 Å². The first kappa shape index (κ1) is 28.8. The average Bonchev–Trinajstić information content (AvgIpc) is 3.30. The Bertz CT molecular complexity index is 1070. The molecule has 1 aliphatic rings. The number of hydrogen-bond acceptors (Lipinski definition) is 5. The van der Waals surface area contributed by atoms with Gasteiger partial charge in [0.1, 0.15) is 6.34 Å². The van der Waals surface area contributed by atoms with Gasteiger partial charge in [0.25, 0.3) is 0 Å². The van der Waals surface area contributed by atoms with Gasteiger partial charge in [0.2, 0.25) is 0 Å². The van der Waals surface area contributed by atoms with Crippen molar-refractivity contribution in [1.29, 1.82) is 0 Å². The van der Waals surface area contributed by atoms with Gasteiger partial charge in [-0.3, -0.25) is 20.1 Å².